The van der Waals surface area contributed by atoms with Crippen LogP contribution in [0.15, 0.2) is 30.3 Å². The second kappa shape index (κ2) is 9.97. The van der Waals surface area contributed by atoms with Gasteiger partial charge in [-0.2, -0.15) is 0 Å². The van der Waals surface area contributed by atoms with Crippen LogP contribution >= 0.6 is 23.2 Å². The van der Waals surface area contributed by atoms with Crippen molar-refractivity contribution in [1.29, 1.82) is 0 Å². The number of rotatable bonds is 9. The molecule has 4 nitrogen and oxygen atoms in total. The van der Waals surface area contributed by atoms with Crippen molar-refractivity contribution in [3.63, 3.8) is 0 Å². The SMILES string of the molecule is CCOc1cc(CNCC(C)O)cc(Cl)c1OCc1c(F)cccc1Cl. The summed E-state index contributed by atoms with van der Waals surface area (Å²) in [5, 5.41) is 13.1. The Bertz CT molecular complexity index is 721. The van der Waals surface area contributed by atoms with Crippen molar-refractivity contribution in [3.8, 4) is 11.5 Å². The summed E-state index contributed by atoms with van der Waals surface area (Å²) in [5.41, 5.74) is 1.14. The van der Waals surface area contributed by atoms with Gasteiger partial charge in [0.2, 0.25) is 0 Å². The Balaban J connectivity index is 2.18. The summed E-state index contributed by atoms with van der Waals surface area (Å²) in [6, 6.07) is 8.02. The molecule has 0 bridgehead atoms. The monoisotopic (exact) mass is 401 g/mol. The Morgan fingerprint density at radius 2 is 1.96 bits per heavy atom. The number of hydrogen-bond acceptors (Lipinski definition) is 4. The number of aliphatic hydroxyl groups is 1. The highest BCUT2D eigenvalue weighted by atomic mass is 35.5. The fourth-order valence-electron chi connectivity index (χ4n) is 2.37. The number of halogens is 3. The molecular weight excluding hydrogens is 380 g/mol. The zero-order valence-corrected chi connectivity index (χ0v) is 16.2. The van der Waals surface area contributed by atoms with E-state index >= 15 is 0 Å². The highest BCUT2D eigenvalue weighted by Crippen LogP contribution is 2.37. The van der Waals surface area contributed by atoms with E-state index in [1.807, 2.05) is 13.0 Å². The smallest absolute Gasteiger partial charge is 0.180 e. The quantitative estimate of drug-likeness (QED) is 0.645. The van der Waals surface area contributed by atoms with Crippen LogP contribution in [0.25, 0.3) is 0 Å². The number of ether oxygens (including phenoxy) is 2. The average Bonchev–Trinajstić information content (AvgIpc) is 2.56. The molecule has 0 aliphatic heterocycles. The molecule has 2 aromatic carbocycles. The minimum atomic E-state index is -0.440. The van der Waals surface area contributed by atoms with Crippen LogP contribution < -0.4 is 14.8 Å². The summed E-state index contributed by atoms with van der Waals surface area (Å²) < 4.78 is 25.3. The van der Waals surface area contributed by atoms with Crippen molar-refractivity contribution in [2.75, 3.05) is 13.2 Å². The summed E-state index contributed by atoms with van der Waals surface area (Å²) >= 11 is 12.4. The molecule has 0 spiro atoms. The Morgan fingerprint density at radius 3 is 2.62 bits per heavy atom. The molecule has 2 aromatic rings. The first kappa shape index (κ1) is 20.8. The molecular formula is C19H22Cl2FNO3. The van der Waals surface area contributed by atoms with Crippen molar-refractivity contribution in [1.82, 2.24) is 5.32 Å². The third kappa shape index (κ3) is 5.74. The summed E-state index contributed by atoms with van der Waals surface area (Å²) in [6.45, 7) is 4.90. The lowest BCUT2D eigenvalue weighted by atomic mass is 10.2. The fourth-order valence-corrected chi connectivity index (χ4v) is 2.87. The zero-order valence-electron chi connectivity index (χ0n) is 14.7. The predicted molar refractivity (Wildman–Crippen MR) is 102 cm³/mol. The van der Waals surface area contributed by atoms with E-state index in [0.717, 1.165) is 5.56 Å². The van der Waals surface area contributed by atoms with E-state index in [-0.39, 0.29) is 17.2 Å². The fraction of sp³-hybridized carbons (Fsp3) is 0.368. The topological polar surface area (TPSA) is 50.7 Å². The molecule has 2 rings (SSSR count). The number of benzene rings is 2. The molecule has 0 heterocycles. The van der Waals surface area contributed by atoms with Gasteiger partial charge in [0.15, 0.2) is 11.5 Å². The molecule has 26 heavy (non-hydrogen) atoms. The van der Waals surface area contributed by atoms with Crippen LogP contribution in [0.5, 0.6) is 11.5 Å². The minimum absolute atomic E-state index is 0.0646. The molecule has 7 heteroatoms. The lowest BCUT2D eigenvalue weighted by Crippen LogP contribution is -2.23. The van der Waals surface area contributed by atoms with Crippen molar-refractivity contribution < 1.29 is 19.0 Å². The summed E-state index contributed by atoms with van der Waals surface area (Å²) in [5.74, 6) is 0.374. The van der Waals surface area contributed by atoms with Gasteiger partial charge in [-0.25, -0.2) is 4.39 Å². The van der Waals surface area contributed by atoms with Gasteiger partial charge < -0.3 is 19.9 Å². The molecule has 0 aromatic heterocycles. The van der Waals surface area contributed by atoms with E-state index in [4.69, 9.17) is 32.7 Å². The Hall–Kier alpha value is -1.53. The minimum Gasteiger partial charge on any atom is -0.490 e. The van der Waals surface area contributed by atoms with Crippen molar-refractivity contribution >= 4 is 23.2 Å². The third-order valence-electron chi connectivity index (χ3n) is 3.56. The Morgan fingerprint density at radius 1 is 1.19 bits per heavy atom. The number of aliphatic hydroxyl groups excluding tert-OH is 1. The summed E-state index contributed by atoms with van der Waals surface area (Å²) in [7, 11) is 0. The van der Waals surface area contributed by atoms with Gasteiger partial charge >= 0.3 is 0 Å². The molecule has 142 valence electrons. The zero-order chi connectivity index (χ0) is 19.1. The molecule has 0 fully saturated rings. The van der Waals surface area contributed by atoms with Crippen LogP contribution in [0.4, 0.5) is 4.39 Å². The van der Waals surface area contributed by atoms with Crippen LogP contribution in [0.3, 0.4) is 0 Å². The van der Waals surface area contributed by atoms with Crippen LogP contribution in [0, 0.1) is 5.82 Å². The van der Waals surface area contributed by atoms with Gasteiger partial charge in [0.1, 0.15) is 12.4 Å². The van der Waals surface area contributed by atoms with E-state index in [9.17, 15) is 9.50 Å². The molecule has 2 N–H and O–H groups in total. The standard InChI is InChI=1S/C19H22Cl2FNO3/c1-3-25-18-8-13(10-23-9-12(2)24)7-16(21)19(18)26-11-14-15(20)5-4-6-17(14)22/h4-8,12,23-24H,3,9-11H2,1-2H3. The maximum Gasteiger partial charge on any atom is 0.180 e. The Kier molecular flexibility index (Phi) is 7.97. The summed E-state index contributed by atoms with van der Waals surface area (Å²) in [6.07, 6.45) is -0.440. The lowest BCUT2D eigenvalue weighted by Gasteiger charge is -2.16. The van der Waals surface area contributed by atoms with Crippen molar-refractivity contribution in [2.24, 2.45) is 0 Å². The number of nitrogens with one attached hydrogen (secondary N) is 1. The van der Waals surface area contributed by atoms with Gasteiger partial charge in [0, 0.05) is 18.7 Å². The molecule has 0 aliphatic rings. The predicted octanol–water partition coefficient (Wildman–Crippen LogP) is 4.58. The Labute approximate surface area is 162 Å². The molecule has 1 unspecified atom stereocenters. The number of hydrogen-bond donors (Lipinski definition) is 2. The first-order valence-corrected chi connectivity index (χ1v) is 9.07. The molecule has 0 amide bonds. The van der Waals surface area contributed by atoms with E-state index in [1.165, 1.54) is 12.1 Å². The maximum absolute atomic E-state index is 13.9. The third-order valence-corrected chi connectivity index (χ3v) is 4.20. The average molecular weight is 402 g/mol. The van der Waals surface area contributed by atoms with Crippen LogP contribution in [-0.4, -0.2) is 24.4 Å². The highest BCUT2D eigenvalue weighted by molar-refractivity contribution is 6.32. The molecule has 0 aliphatic carbocycles. The van der Waals surface area contributed by atoms with Gasteiger partial charge in [0.25, 0.3) is 0 Å². The van der Waals surface area contributed by atoms with Gasteiger partial charge in [-0.05, 0) is 43.7 Å². The second-order valence-electron chi connectivity index (χ2n) is 5.81. The summed E-state index contributed by atoms with van der Waals surface area (Å²) in [4.78, 5) is 0. The molecule has 0 saturated heterocycles. The van der Waals surface area contributed by atoms with Gasteiger partial charge in [-0.3, -0.25) is 0 Å². The van der Waals surface area contributed by atoms with Crippen molar-refractivity contribution in [3.05, 3.63) is 57.3 Å². The van der Waals surface area contributed by atoms with Crippen LogP contribution in [0.2, 0.25) is 10.0 Å². The normalized spacial score (nSPS) is 12.1. The van der Waals surface area contributed by atoms with Gasteiger partial charge in [-0.15, -0.1) is 0 Å². The second-order valence-corrected chi connectivity index (χ2v) is 6.62. The van der Waals surface area contributed by atoms with Crippen LogP contribution in [0.1, 0.15) is 25.0 Å². The van der Waals surface area contributed by atoms with Crippen LogP contribution in [-0.2, 0) is 13.2 Å². The maximum atomic E-state index is 13.9. The molecule has 1 atom stereocenters. The van der Waals surface area contributed by atoms with E-state index in [0.29, 0.717) is 36.2 Å². The van der Waals surface area contributed by atoms with E-state index in [2.05, 4.69) is 5.32 Å². The highest BCUT2D eigenvalue weighted by Gasteiger charge is 2.15. The van der Waals surface area contributed by atoms with E-state index in [1.54, 1.807) is 19.1 Å². The molecule has 0 radical (unpaired) electrons. The first-order valence-electron chi connectivity index (χ1n) is 8.32. The molecule has 0 saturated carbocycles. The van der Waals surface area contributed by atoms with E-state index < -0.39 is 11.9 Å². The van der Waals surface area contributed by atoms with Gasteiger partial charge in [0.05, 0.1) is 22.8 Å². The largest absolute Gasteiger partial charge is 0.490 e. The first-order chi connectivity index (χ1) is 12.4. The van der Waals surface area contributed by atoms with Gasteiger partial charge in [-0.1, -0.05) is 29.3 Å². The lowest BCUT2D eigenvalue weighted by molar-refractivity contribution is 0.191. The van der Waals surface area contributed by atoms with Crippen molar-refractivity contribution in [2.45, 2.75) is 33.1 Å².